The number of nitrogens with zero attached hydrogens (tertiary/aromatic N) is 2. The van der Waals surface area contributed by atoms with Crippen molar-refractivity contribution in [2.24, 2.45) is 5.92 Å². The average molecular weight is 651 g/mol. The van der Waals surface area contributed by atoms with E-state index in [4.69, 9.17) is 32.7 Å². The average Bonchev–Trinajstić information content (AvgIpc) is 2.97. The maximum Gasteiger partial charge on any atom is 0.244 e. The van der Waals surface area contributed by atoms with Gasteiger partial charge in [-0.1, -0.05) is 73.4 Å². The van der Waals surface area contributed by atoms with Crippen molar-refractivity contribution in [2.75, 3.05) is 37.9 Å². The van der Waals surface area contributed by atoms with Gasteiger partial charge in [-0.15, -0.1) is 0 Å². The van der Waals surface area contributed by atoms with Gasteiger partial charge in [-0.05, 0) is 41.3 Å². The molecule has 9 nitrogen and oxygen atoms in total. The number of methoxy groups -OCH3 is 2. The number of hydrogen-bond acceptors (Lipinski definition) is 6. The van der Waals surface area contributed by atoms with Crippen molar-refractivity contribution in [3.8, 4) is 11.5 Å². The number of carbonyl (C=O) groups excluding carboxylic acids is 2. The summed E-state index contributed by atoms with van der Waals surface area (Å²) in [6.45, 7) is 3.75. The molecule has 1 atom stereocenters. The molecule has 1 N–H and O–H groups in total. The number of ether oxygens (including phenoxy) is 2. The Balaban J connectivity index is 2.09. The van der Waals surface area contributed by atoms with Crippen LogP contribution in [-0.4, -0.2) is 64.7 Å². The lowest BCUT2D eigenvalue weighted by Gasteiger charge is -2.33. The lowest BCUT2D eigenvalue weighted by molar-refractivity contribution is -0.140. The van der Waals surface area contributed by atoms with Gasteiger partial charge in [0.1, 0.15) is 12.6 Å². The summed E-state index contributed by atoms with van der Waals surface area (Å²) in [5.74, 6) is -0.0815. The molecule has 2 amide bonds. The number of benzene rings is 3. The number of carbonyl (C=O) groups is 2. The Morgan fingerprint density at radius 3 is 2.14 bits per heavy atom. The van der Waals surface area contributed by atoms with E-state index in [0.29, 0.717) is 33.7 Å². The summed E-state index contributed by atoms with van der Waals surface area (Å²) in [5.41, 5.74) is 1.65. The van der Waals surface area contributed by atoms with Crippen molar-refractivity contribution in [3.05, 3.63) is 87.9 Å². The number of halogens is 2. The maximum absolute atomic E-state index is 14.2. The molecule has 0 aliphatic rings. The Bertz CT molecular complexity index is 1520. The number of rotatable bonds is 14. The normalized spacial score (nSPS) is 12.0. The van der Waals surface area contributed by atoms with E-state index in [1.54, 1.807) is 24.3 Å². The van der Waals surface area contributed by atoms with E-state index in [1.165, 1.54) is 31.3 Å². The van der Waals surface area contributed by atoms with Crippen LogP contribution in [0.25, 0.3) is 0 Å². The predicted octanol–water partition coefficient (Wildman–Crippen LogP) is 5.19. The van der Waals surface area contributed by atoms with Crippen LogP contribution in [0.2, 0.25) is 10.0 Å². The third kappa shape index (κ3) is 9.51. The van der Waals surface area contributed by atoms with E-state index >= 15 is 0 Å². The Morgan fingerprint density at radius 1 is 0.884 bits per heavy atom. The van der Waals surface area contributed by atoms with Crippen LogP contribution < -0.4 is 19.1 Å². The summed E-state index contributed by atoms with van der Waals surface area (Å²) in [4.78, 5) is 29.3. The summed E-state index contributed by atoms with van der Waals surface area (Å²) >= 11 is 12.4. The standard InChI is InChI=1S/C31H37Cl2N3O6S/c1-21(2)18-34-31(38)27(16-22-9-7-6-8-10-22)35(19-23-11-13-25(32)26(33)15-23)30(37)20-36(43(5,39)40)24-12-14-28(41-3)29(17-24)42-4/h6-15,17,21,27H,16,18-20H2,1-5H3,(H,34,38). The lowest BCUT2D eigenvalue weighted by atomic mass is 10.0. The molecule has 0 spiro atoms. The van der Waals surface area contributed by atoms with E-state index in [-0.39, 0.29) is 30.5 Å². The fraction of sp³-hybridized carbons (Fsp3) is 0.355. The Morgan fingerprint density at radius 2 is 1.56 bits per heavy atom. The zero-order valence-corrected chi connectivity index (χ0v) is 27.2. The van der Waals surface area contributed by atoms with Gasteiger partial charge < -0.3 is 19.7 Å². The molecule has 3 aromatic carbocycles. The molecule has 232 valence electrons. The highest BCUT2D eigenvalue weighted by Crippen LogP contribution is 2.32. The smallest absolute Gasteiger partial charge is 0.244 e. The molecule has 1 unspecified atom stereocenters. The second-order valence-corrected chi connectivity index (χ2v) is 13.1. The SMILES string of the molecule is COc1ccc(N(CC(=O)N(Cc2ccc(Cl)c(Cl)c2)C(Cc2ccccc2)C(=O)NCC(C)C)S(C)(=O)=O)cc1OC. The molecule has 3 rings (SSSR count). The lowest BCUT2D eigenvalue weighted by Crippen LogP contribution is -2.53. The third-order valence-corrected chi connectivity index (χ3v) is 8.51. The second-order valence-electron chi connectivity index (χ2n) is 10.4. The largest absolute Gasteiger partial charge is 0.493 e. The molecule has 0 aliphatic heterocycles. The third-order valence-electron chi connectivity index (χ3n) is 6.63. The first-order chi connectivity index (χ1) is 20.3. The molecule has 0 aromatic heterocycles. The molecule has 43 heavy (non-hydrogen) atoms. The minimum absolute atomic E-state index is 0.0220. The highest BCUT2D eigenvalue weighted by molar-refractivity contribution is 7.92. The second kappa shape index (κ2) is 15.3. The molecular formula is C31H37Cl2N3O6S. The maximum atomic E-state index is 14.2. The number of amides is 2. The van der Waals surface area contributed by atoms with Gasteiger partial charge in [-0.3, -0.25) is 13.9 Å². The van der Waals surface area contributed by atoms with Crippen molar-refractivity contribution in [1.29, 1.82) is 0 Å². The molecule has 12 heteroatoms. The quantitative estimate of drug-likeness (QED) is 0.258. The summed E-state index contributed by atoms with van der Waals surface area (Å²) in [5, 5.41) is 3.58. The number of sulfonamides is 1. The topological polar surface area (TPSA) is 105 Å². The first-order valence-corrected chi connectivity index (χ1v) is 16.2. The number of nitrogens with one attached hydrogen (secondary N) is 1. The number of anilines is 1. The van der Waals surface area contributed by atoms with Gasteiger partial charge in [-0.2, -0.15) is 0 Å². The summed E-state index contributed by atoms with van der Waals surface area (Å²) in [6.07, 6.45) is 1.21. The Labute approximate surface area is 263 Å². The van der Waals surface area contributed by atoms with Crippen molar-refractivity contribution >= 4 is 50.7 Å². The van der Waals surface area contributed by atoms with E-state index < -0.39 is 28.5 Å². The van der Waals surface area contributed by atoms with Gasteiger partial charge in [-0.25, -0.2) is 8.42 Å². The van der Waals surface area contributed by atoms with Crippen LogP contribution in [0, 0.1) is 5.92 Å². The zero-order chi connectivity index (χ0) is 31.7. The molecule has 0 heterocycles. The minimum atomic E-state index is -3.95. The molecule has 0 fully saturated rings. The van der Waals surface area contributed by atoms with Crippen LogP contribution in [0.4, 0.5) is 5.69 Å². The van der Waals surface area contributed by atoms with Gasteiger partial charge >= 0.3 is 0 Å². The minimum Gasteiger partial charge on any atom is -0.493 e. The van der Waals surface area contributed by atoms with E-state index in [9.17, 15) is 18.0 Å². The molecule has 0 saturated heterocycles. The van der Waals surface area contributed by atoms with Crippen LogP contribution >= 0.6 is 23.2 Å². The number of hydrogen-bond donors (Lipinski definition) is 1. The van der Waals surface area contributed by atoms with Gasteiger partial charge in [0.15, 0.2) is 11.5 Å². The van der Waals surface area contributed by atoms with Crippen molar-refractivity contribution in [3.63, 3.8) is 0 Å². The highest BCUT2D eigenvalue weighted by atomic mass is 35.5. The van der Waals surface area contributed by atoms with Crippen LogP contribution in [0.1, 0.15) is 25.0 Å². The predicted molar refractivity (Wildman–Crippen MR) is 171 cm³/mol. The molecule has 3 aromatic rings. The van der Waals surface area contributed by atoms with E-state index in [2.05, 4.69) is 5.32 Å². The highest BCUT2D eigenvalue weighted by Gasteiger charge is 2.33. The van der Waals surface area contributed by atoms with Crippen LogP contribution in [0.15, 0.2) is 66.7 Å². The van der Waals surface area contributed by atoms with Crippen molar-refractivity contribution in [2.45, 2.75) is 32.9 Å². The molecule has 0 saturated carbocycles. The molecule has 0 aliphatic carbocycles. The summed E-state index contributed by atoms with van der Waals surface area (Å²) in [6, 6.07) is 17.9. The first kappa shape index (κ1) is 34.0. The fourth-order valence-corrected chi connectivity index (χ4v) is 5.57. The molecular weight excluding hydrogens is 613 g/mol. The fourth-order valence-electron chi connectivity index (χ4n) is 4.40. The summed E-state index contributed by atoms with van der Waals surface area (Å²) < 4.78 is 37.7. The van der Waals surface area contributed by atoms with Gasteiger partial charge in [0.2, 0.25) is 21.8 Å². The van der Waals surface area contributed by atoms with E-state index in [1.807, 2.05) is 44.2 Å². The van der Waals surface area contributed by atoms with Gasteiger partial charge in [0.25, 0.3) is 0 Å². The molecule has 0 radical (unpaired) electrons. The van der Waals surface area contributed by atoms with Crippen LogP contribution in [0.3, 0.4) is 0 Å². The van der Waals surface area contributed by atoms with E-state index in [0.717, 1.165) is 16.1 Å². The van der Waals surface area contributed by atoms with Gasteiger partial charge in [0, 0.05) is 25.6 Å². The monoisotopic (exact) mass is 649 g/mol. The molecule has 0 bridgehead atoms. The summed E-state index contributed by atoms with van der Waals surface area (Å²) in [7, 11) is -1.06. The van der Waals surface area contributed by atoms with Crippen LogP contribution in [-0.2, 0) is 32.6 Å². The zero-order valence-electron chi connectivity index (χ0n) is 24.8. The van der Waals surface area contributed by atoms with Crippen molar-refractivity contribution < 1.29 is 27.5 Å². The first-order valence-electron chi connectivity index (χ1n) is 13.6. The van der Waals surface area contributed by atoms with Crippen molar-refractivity contribution in [1.82, 2.24) is 10.2 Å². The van der Waals surface area contributed by atoms with Gasteiger partial charge in [0.05, 0.1) is 36.2 Å². The Kier molecular flexibility index (Phi) is 12.1. The van der Waals surface area contributed by atoms with Crippen LogP contribution in [0.5, 0.6) is 11.5 Å². The Hall–Kier alpha value is -3.47.